The molecule has 0 radical (unpaired) electrons. The molecule has 0 saturated heterocycles. The number of rotatable bonds is 2. The van der Waals surface area contributed by atoms with Crippen molar-refractivity contribution in [2.24, 2.45) is 5.92 Å². The summed E-state index contributed by atoms with van der Waals surface area (Å²) in [5.74, 6) is 0.282. The molecule has 0 aliphatic heterocycles. The van der Waals surface area contributed by atoms with E-state index < -0.39 is 0 Å². The van der Waals surface area contributed by atoms with Crippen molar-refractivity contribution in [3.8, 4) is 0 Å². The van der Waals surface area contributed by atoms with Crippen molar-refractivity contribution in [1.29, 1.82) is 0 Å². The van der Waals surface area contributed by atoms with Crippen molar-refractivity contribution >= 4 is 39.1 Å². The highest BCUT2D eigenvalue weighted by molar-refractivity contribution is 9.10. The average molecular weight is 317 g/mol. The lowest BCUT2D eigenvalue weighted by Crippen LogP contribution is -2.20. The molecule has 1 saturated carbocycles. The van der Waals surface area contributed by atoms with Crippen LogP contribution in [0.2, 0.25) is 5.02 Å². The molecule has 0 bridgehead atoms. The van der Waals surface area contributed by atoms with Crippen LogP contribution in [0.5, 0.6) is 0 Å². The summed E-state index contributed by atoms with van der Waals surface area (Å²) in [5.41, 5.74) is 1.76. The first kappa shape index (κ1) is 12.9. The smallest absolute Gasteiger partial charge is 0.227 e. The van der Waals surface area contributed by atoms with Gasteiger partial charge in [-0.2, -0.15) is 0 Å². The second-order valence-electron chi connectivity index (χ2n) is 4.55. The summed E-state index contributed by atoms with van der Waals surface area (Å²) in [6.45, 7) is 1.94. The molecule has 2 rings (SSSR count). The van der Waals surface area contributed by atoms with E-state index in [0.29, 0.717) is 5.02 Å². The predicted molar refractivity (Wildman–Crippen MR) is 74.5 cm³/mol. The van der Waals surface area contributed by atoms with Gasteiger partial charge in [0.2, 0.25) is 5.91 Å². The maximum Gasteiger partial charge on any atom is 0.227 e. The van der Waals surface area contributed by atoms with E-state index in [9.17, 15) is 4.79 Å². The Hall–Kier alpha value is -0.540. The van der Waals surface area contributed by atoms with E-state index >= 15 is 0 Å². The highest BCUT2D eigenvalue weighted by atomic mass is 79.9. The lowest BCUT2D eigenvalue weighted by Gasteiger charge is -2.13. The quantitative estimate of drug-likeness (QED) is 0.852. The van der Waals surface area contributed by atoms with E-state index in [1.807, 2.05) is 13.0 Å². The molecule has 1 aromatic rings. The lowest BCUT2D eigenvalue weighted by atomic mass is 10.1. The molecular formula is C13H15BrClNO. The van der Waals surface area contributed by atoms with Gasteiger partial charge in [-0.25, -0.2) is 0 Å². The Kier molecular flexibility index (Phi) is 4.10. The van der Waals surface area contributed by atoms with Crippen LogP contribution in [0, 0.1) is 12.8 Å². The van der Waals surface area contributed by atoms with Crippen molar-refractivity contribution in [1.82, 2.24) is 0 Å². The number of anilines is 1. The van der Waals surface area contributed by atoms with Crippen molar-refractivity contribution < 1.29 is 4.79 Å². The van der Waals surface area contributed by atoms with Crippen molar-refractivity contribution in [3.05, 3.63) is 27.2 Å². The van der Waals surface area contributed by atoms with Crippen LogP contribution in [0.25, 0.3) is 0 Å². The zero-order valence-corrected chi connectivity index (χ0v) is 12.1. The Morgan fingerprint density at radius 3 is 2.71 bits per heavy atom. The van der Waals surface area contributed by atoms with Gasteiger partial charge in [0.1, 0.15) is 0 Å². The van der Waals surface area contributed by atoms with Gasteiger partial charge in [0.25, 0.3) is 0 Å². The first-order chi connectivity index (χ1) is 8.08. The number of aryl methyl sites for hydroxylation is 1. The fourth-order valence-electron chi connectivity index (χ4n) is 2.16. The van der Waals surface area contributed by atoms with Crippen LogP contribution in [0.15, 0.2) is 16.6 Å². The normalized spacial score (nSPS) is 16.2. The Bertz CT molecular complexity index is 441. The molecule has 17 heavy (non-hydrogen) atoms. The van der Waals surface area contributed by atoms with Gasteiger partial charge in [0.05, 0.1) is 5.69 Å². The van der Waals surface area contributed by atoms with Crippen LogP contribution in [0.3, 0.4) is 0 Å². The van der Waals surface area contributed by atoms with E-state index in [1.165, 1.54) is 0 Å². The molecule has 1 fully saturated rings. The van der Waals surface area contributed by atoms with Gasteiger partial charge in [-0.05, 0) is 53.4 Å². The first-order valence-electron chi connectivity index (χ1n) is 5.84. The van der Waals surface area contributed by atoms with Crippen LogP contribution in [-0.2, 0) is 4.79 Å². The van der Waals surface area contributed by atoms with Gasteiger partial charge >= 0.3 is 0 Å². The lowest BCUT2D eigenvalue weighted by molar-refractivity contribution is -0.119. The topological polar surface area (TPSA) is 29.1 Å². The van der Waals surface area contributed by atoms with Gasteiger partial charge in [0, 0.05) is 15.4 Å². The second-order valence-corrected chi connectivity index (χ2v) is 5.81. The molecule has 0 heterocycles. The molecule has 1 aliphatic rings. The minimum atomic E-state index is 0.114. The third kappa shape index (κ3) is 3.02. The van der Waals surface area contributed by atoms with Gasteiger partial charge in [0.15, 0.2) is 0 Å². The summed E-state index contributed by atoms with van der Waals surface area (Å²) in [7, 11) is 0. The fourth-order valence-corrected chi connectivity index (χ4v) is 2.89. The monoisotopic (exact) mass is 315 g/mol. The Labute approximate surface area is 115 Å². The average Bonchev–Trinajstić information content (AvgIpc) is 2.79. The number of carbonyl (C=O) groups is 1. The van der Waals surface area contributed by atoms with Gasteiger partial charge in [-0.1, -0.05) is 24.4 Å². The predicted octanol–water partition coefficient (Wildman–Crippen LogP) is 4.54. The van der Waals surface area contributed by atoms with Crippen LogP contribution >= 0.6 is 27.5 Å². The molecule has 0 aromatic heterocycles. The molecule has 1 aromatic carbocycles. The van der Waals surface area contributed by atoms with E-state index in [1.54, 1.807) is 6.07 Å². The molecular weight excluding hydrogens is 302 g/mol. The van der Waals surface area contributed by atoms with Crippen LogP contribution in [-0.4, -0.2) is 5.91 Å². The second kappa shape index (κ2) is 5.40. The van der Waals surface area contributed by atoms with E-state index in [2.05, 4.69) is 21.2 Å². The number of amides is 1. The number of carbonyl (C=O) groups excluding carboxylic acids is 1. The number of hydrogen-bond acceptors (Lipinski definition) is 1. The molecule has 1 N–H and O–H groups in total. The Morgan fingerprint density at radius 2 is 2.06 bits per heavy atom. The number of nitrogens with one attached hydrogen (secondary N) is 1. The third-order valence-corrected chi connectivity index (χ3v) is 4.30. The van der Waals surface area contributed by atoms with Crippen molar-refractivity contribution in [2.75, 3.05) is 5.32 Å². The molecule has 0 spiro atoms. The molecule has 1 amide bonds. The van der Waals surface area contributed by atoms with E-state index in [-0.39, 0.29) is 11.8 Å². The minimum absolute atomic E-state index is 0.114. The summed E-state index contributed by atoms with van der Waals surface area (Å²) in [4.78, 5) is 12.0. The number of benzene rings is 1. The zero-order chi connectivity index (χ0) is 12.4. The standard InChI is InChI=1S/C13H15BrClNO/c1-8-6-10(14)12(7-11(8)15)16-13(17)9-4-2-3-5-9/h6-7,9H,2-5H2,1H3,(H,16,17). The summed E-state index contributed by atoms with van der Waals surface area (Å²) in [6.07, 6.45) is 4.33. The fraction of sp³-hybridized carbons (Fsp3) is 0.462. The largest absolute Gasteiger partial charge is 0.325 e. The molecule has 0 atom stereocenters. The summed E-state index contributed by atoms with van der Waals surface area (Å²) in [5, 5.41) is 3.63. The van der Waals surface area contributed by atoms with E-state index in [4.69, 9.17) is 11.6 Å². The molecule has 0 unspecified atom stereocenters. The van der Waals surface area contributed by atoms with Crippen molar-refractivity contribution in [3.63, 3.8) is 0 Å². The SMILES string of the molecule is Cc1cc(Br)c(NC(=O)C2CCCC2)cc1Cl. The minimum Gasteiger partial charge on any atom is -0.325 e. The van der Waals surface area contributed by atoms with Crippen LogP contribution < -0.4 is 5.32 Å². The number of halogens is 2. The maximum absolute atomic E-state index is 12.0. The summed E-state index contributed by atoms with van der Waals surface area (Å²) < 4.78 is 0.880. The third-order valence-electron chi connectivity index (χ3n) is 3.23. The summed E-state index contributed by atoms with van der Waals surface area (Å²) in [6, 6.07) is 3.72. The van der Waals surface area contributed by atoms with Gasteiger partial charge in [-0.3, -0.25) is 4.79 Å². The molecule has 92 valence electrons. The zero-order valence-electron chi connectivity index (χ0n) is 9.72. The maximum atomic E-state index is 12.0. The highest BCUT2D eigenvalue weighted by Gasteiger charge is 2.23. The molecule has 2 nitrogen and oxygen atoms in total. The van der Waals surface area contributed by atoms with Gasteiger partial charge in [-0.15, -0.1) is 0 Å². The molecule has 1 aliphatic carbocycles. The first-order valence-corrected chi connectivity index (χ1v) is 7.01. The van der Waals surface area contributed by atoms with Gasteiger partial charge < -0.3 is 5.32 Å². The molecule has 4 heteroatoms. The highest BCUT2D eigenvalue weighted by Crippen LogP contribution is 2.31. The van der Waals surface area contributed by atoms with Crippen molar-refractivity contribution in [2.45, 2.75) is 32.6 Å². The Balaban J connectivity index is 2.12. The van der Waals surface area contributed by atoms with Crippen LogP contribution in [0.1, 0.15) is 31.2 Å². The summed E-state index contributed by atoms with van der Waals surface area (Å²) >= 11 is 9.50. The Morgan fingerprint density at radius 1 is 1.41 bits per heavy atom. The van der Waals surface area contributed by atoms with E-state index in [0.717, 1.165) is 41.4 Å². The van der Waals surface area contributed by atoms with Crippen LogP contribution in [0.4, 0.5) is 5.69 Å². The number of hydrogen-bond donors (Lipinski definition) is 1.